The Morgan fingerprint density at radius 2 is 1.83 bits per heavy atom. The Morgan fingerprint density at radius 1 is 1.17 bits per heavy atom. The number of hydrogen-bond acceptors (Lipinski definition) is 6. The lowest BCUT2D eigenvalue weighted by Gasteiger charge is -2.33. The molecule has 3 amide bonds. The number of esters is 1. The maximum absolute atomic E-state index is 12.8. The van der Waals surface area contributed by atoms with E-state index in [9.17, 15) is 19.2 Å². The fourth-order valence-electron chi connectivity index (χ4n) is 3.85. The summed E-state index contributed by atoms with van der Waals surface area (Å²) < 4.78 is 5.29. The minimum Gasteiger partial charge on any atom is -0.454 e. The molecule has 3 rings (SSSR count). The van der Waals surface area contributed by atoms with E-state index in [1.807, 2.05) is 13.2 Å². The lowest BCUT2D eigenvalue weighted by atomic mass is 10.0. The Morgan fingerprint density at radius 3 is 2.41 bits per heavy atom. The van der Waals surface area contributed by atoms with Crippen molar-refractivity contribution >= 4 is 35.5 Å². The zero-order valence-electron chi connectivity index (χ0n) is 16.8. The molecule has 29 heavy (non-hydrogen) atoms. The molecule has 1 saturated heterocycles. The number of ether oxygens (including phenoxy) is 1. The van der Waals surface area contributed by atoms with Gasteiger partial charge in [-0.1, -0.05) is 12.1 Å². The third-order valence-corrected chi connectivity index (χ3v) is 6.11. The Bertz CT molecular complexity index is 777. The molecular weight excluding hydrogens is 392 g/mol. The van der Waals surface area contributed by atoms with E-state index in [4.69, 9.17) is 4.74 Å². The molecule has 8 heteroatoms. The van der Waals surface area contributed by atoms with Gasteiger partial charge in [0.1, 0.15) is 6.04 Å². The molecule has 156 valence electrons. The average Bonchev–Trinajstić information content (AvgIpc) is 2.98. The monoisotopic (exact) mass is 418 g/mol. The van der Waals surface area contributed by atoms with E-state index in [1.165, 1.54) is 11.8 Å². The summed E-state index contributed by atoms with van der Waals surface area (Å²) in [6.07, 6.45) is 5.12. The summed E-state index contributed by atoms with van der Waals surface area (Å²) in [6.45, 7) is 2.27. The SMILES string of the molecule is CSCC[C@H](C(=O)OCC(=O)N1CCCC[C@H]1C)N1C(=O)c2ccccc2C1=O. The summed E-state index contributed by atoms with van der Waals surface area (Å²) in [7, 11) is 0. The Hall–Kier alpha value is -2.35. The van der Waals surface area contributed by atoms with Gasteiger partial charge >= 0.3 is 5.97 Å². The van der Waals surface area contributed by atoms with Crippen LogP contribution in [-0.2, 0) is 14.3 Å². The van der Waals surface area contributed by atoms with E-state index in [1.54, 1.807) is 29.2 Å². The van der Waals surface area contributed by atoms with E-state index >= 15 is 0 Å². The van der Waals surface area contributed by atoms with Crippen molar-refractivity contribution in [2.75, 3.05) is 25.2 Å². The highest BCUT2D eigenvalue weighted by molar-refractivity contribution is 7.98. The predicted octanol–water partition coefficient (Wildman–Crippen LogP) is 2.35. The number of thioether (sulfide) groups is 1. The molecule has 0 bridgehead atoms. The molecule has 2 atom stereocenters. The van der Waals surface area contributed by atoms with Crippen LogP contribution in [-0.4, -0.2) is 70.7 Å². The molecule has 1 aromatic rings. The molecule has 2 heterocycles. The molecule has 2 aliphatic rings. The highest BCUT2D eigenvalue weighted by Gasteiger charge is 2.43. The van der Waals surface area contributed by atoms with Crippen LogP contribution in [0.2, 0.25) is 0 Å². The predicted molar refractivity (Wildman–Crippen MR) is 110 cm³/mol. The van der Waals surface area contributed by atoms with E-state index in [-0.39, 0.29) is 36.1 Å². The smallest absolute Gasteiger partial charge is 0.329 e. The minimum atomic E-state index is -1.04. The van der Waals surface area contributed by atoms with Crippen molar-refractivity contribution in [2.45, 2.75) is 44.7 Å². The highest BCUT2D eigenvalue weighted by atomic mass is 32.2. The zero-order chi connectivity index (χ0) is 21.0. The lowest BCUT2D eigenvalue weighted by molar-refractivity contribution is -0.156. The fourth-order valence-corrected chi connectivity index (χ4v) is 4.31. The molecule has 0 N–H and O–H groups in total. The number of piperidine rings is 1. The van der Waals surface area contributed by atoms with Gasteiger partial charge in [0.05, 0.1) is 11.1 Å². The lowest BCUT2D eigenvalue weighted by Crippen LogP contribution is -2.48. The van der Waals surface area contributed by atoms with Gasteiger partial charge in [0.25, 0.3) is 17.7 Å². The summed E-state index contributed by atoms with van der Waals surface area (Å²) >= 11 is 1.51. The Labute approximate surface area is 174 Å². The molecule has 0 unspecified atom stereocenters. The molecule has 0 saturated carbocycles. The van der Waals surface area contributed by atoms with Crippen LogP contribution in [0, 0.1) is 0 Å². The molecule has 7 nitrogen and oxygen atoms in total. The number of rotatable bonds is 7. The van der Waals surface area contributed by atoms with Gasteiger partial charge in [-0.3, -0.25) is 19.3 Å². The van der Waals surface area contributed by atoms with Crippen molar-refractivity contribution in [3.05, 3.63) is 35.4 Å². The van der Waals surface area contributed by atoms with Crippen LogP contribution in [0.15, 0.2) is 24.3 Å². The standard InChI is InChI=1S/C21H26N2O5S/c1-14-7-5-6-11-22(14)18(24)13-28-21(27)17(10-12-29-2)23-19(25)15-8-3-4-9-16(15)20(23)26/h3-4,8-9,14,17H,5-7,10-13H2,1-2H3/t14-,17-/m1/s1. The van der Waals surface area contributed by atoms with Gasteiger partial charge in [0.2, 0.25) is 0 Å². The van der Waals surface area contributed by atoms with Gasteiger partial charge < -0.3 is 9.64 Å². The first-order valence-corrected chi connectivity index (χ1v) is 11.3. The fraction of sp³-hybridized carbons (Fsp3) is 0.524. The first-order chi connectivity index (χ1) is 14.0. The van der Waals surface area contributed by atoms with Crippen LogP contribution in [0.25, 0.3) is 0 Å². The minimum absolute atomic E-state index is 0.124. The molecule has 1 aromatic carbocycles. The zero-order valence-corrected chi connectivity index (χ0v) is 17.6. The second kappa shape index (κ2) is 9.43. The maximum Gasteiger partial charge on any atom is 0.329 e. The summed E-state index contributed by atoms with van der Waals surface area (Å²) in [5.41, 5.74) is 0.579. The third-order valence-electron chi connectivity index (χ3n) is 5.47. The highest BCUT2D eigenvalue weighted by Crippen LogP contribution is 2.26. The van der Waals surface area contributed by atoms with Crippen LogP contribution in [0.5, 0.6) is 0 Å². The number of hydrogen-bond donors (Lipinski definition) is 0. The van der Waals surface area contributed by atoms with Gasteiger partial charge in [-0.2, -0.15) is 11.8 Å². The number of imide groups is 1. The van der Waals surface area contributed by atoms with E-state index in [0.29, 0.717) is 12.3 Å². The van der Waals surface area contributed by atoms with Gasteiger partial charge in [0.15, 0.2) is 6.61 Å². The van der Waals surface area contributed by atoms with E-state index < -0.39 is 23.8 Å². The molecule has 0 aliphatic carbocycles. The molecule has 0 radical (unpaired) electrons. The number of likely N-dealkylation sites (tertiary alicyclic amines) is 1. The molecule has 2 aliphatic heterocycles. The number of amides is 3. The van der Waals surface area contributed by atoms with Gasteiger partial charge in [-0.15, -0.1) is 0 Å². The average molecular weight is 419 g/mol. The second-order valence-electron chi connectivity index (χ2n) is 7.36. The van der Waals surface area contributed by atoms with Crippen molar-refractivity contribution in [3.8, 4) is 0 Å². The number of carbonyl (C=O) groups excluding carboxylic acids is 4. The first-order valence-electron chi connectivity index (χ1n) is 9.87. The van der Waals surface area contributed by atoms with Crippen LogP contribution < -0.4 is 0 Å². The molecular formula is C21H26N2O5S. The normalized spacial score (nSPS) is 19.9. The molecule has 0 spiro atoms. The van der Waals surface area contributed by atoms with Crippen molar-refractivity contribution in [1.29, 1.82) is 0 Å². The summed E-state index contributed by atoms with van der Waals surface area (Å²) in [4.78, 5) is 53.5. The quantitative estimate of drug-likeness (QED) is 0.499. The number of benzene rings is 1. The maximum atomic E-state index is 12.8. The first kappa shape index (κ1) is 21.4. The van der Waals surface area contributed by atoms with Crippen molar-refractivity contribution in [2.24, 2.45) is 0 Å². The summed E-state index contributed by atoms with van der Waals surface area (Å²) in [5.74, 6) is -1.37. The third kappa shape index (κ3) is 4.47. The number of nitrogens with zero attached hydrogens (tertiary/aromatic N) is 2. The molecule has 0 aromatic heterocycles. The summed E-state index contributed by atoms with van der Waals surface area (Å²) in [6, 6.07) is 5.60. The van der Waals surface area contributed by atoms with E-state index in [0.717, 1.165) is 24.2 Å². The van der Waals surface area contributed by atoms with Gasteiger partial charge in [-0.25, -0.2) is 4.79 Å². The van der Waals surface area contributed by atoms with Crippen molar-refractivity contribution < 1.29 is 23.9 Å². The number of fused-ring (bicyclic) bond motifs is 1. The Kier molecular flexibility index (Phi) is 6.95. The van der Waals surface area contributed by atoms with Crippen molar-refractivity contribution in [3.63, 3.8) is 0 Å². The van der Waals surface area contributed by atoms with Crippen LogP contribution >= 0.6 is 11.8 Å². The summed E-state index contributed by atoms with van der Waals surface area (Å²) in [5, 5.41) is 0. The second-order valence-corrected chi connectivity index (χ2v) is 8.35. The van der Waals surface area contributed by atoms with Crippen molar-refractivity contribution in [1.82, 2.24) is 9.80 Å². The van der Waals surface area contributed by atoms with Gasteiger partial charge in [-0.05, 0) is 56.7 Å². The largest absolute Gasteiger partial charge is 0.454 e. The Balaban J connectivity index is 1.70. The number of carbonyl (C=O) groups is 4. The molecule has 1 fully saturated rings. The topological polar surface area (TPSA) is 84.0 Å². The van der Waals surface area contributed by atoms with Crippen LogP contribution in [0.4, 0.5) is 0 Å². The van der Waals surface area contributed by atoms with E-state index in [2.05, 4.69) is 0 Å². The van der Waals surface area contributed by atoms with Crippen LogP contribution in [0.1, 0.15) is 53.3 Å². The van der Waals surface area contributed by atoms with Gasteiger partial charge in [0, 0.05) is 12.6 Å². The van der Waals surface area contributed by atoms with Crippen LogP contribution in [0.3, 0.4) is 0 Å².